The maximum atomic E-state index is 11.7. The van der Waals surface area contributed by atoms with Crippen LogP contribution in [0.5, 0.6) is 0 Å². The molecule has 2 aromatic carbocycles. The van der Waals surface area contributed by atoms with Crippen molar-refractivity contribution in [2.75, 3.05) is 50.2 Å². The SMILES string of the molecule is CN=Cc1c(N)cccc1C(NC)c1cccc(C)c1Nc1ccc(N2CCC(N(C)C(C)=O)C2)nc1. The Morgan fingerprint density at radius 2 is 1.97 bits per heavy atom. The standard InChI is InChI=1S/C29H37N7O/c1-19-8-6-10-24(29(32-4)23-9-7-11-26(30)25(23)17-31-3)28(19)34-21-12-13-27(33-16-21)36-15-14-22(18-36)35(5)20(2)37/h6-13,16-17,22,29,32,34H,14-15,18,30H2,1-5H3. The summed E-state index contributed by atoms with van der Waals surface area (Å²) in [6, 6.07) is 16.5. The van der Waals surface area contributed by atoms with Crippen LogP contribution in [0.4, 0.5) is 22.9 Å². The van der Waals surface area contributed by atoms with Crippen molar-refractivity contribution in [2.24, 2.45) is 4.99 Å². The Bertz CT molecular complexity index is 1270. The van der Waals surface area contributed by atoms with Crippen molar-refractivity contribution in [3.8, 4) is 0 Å². The lowest BCUT2D eigenvalue weighted by atomic mass is 9.91. The highest BCUT2D eigenvalue weighted by Crippen LogP contribution is 2.35. The highest BCUT2D eigenvalue weighted by molar-refractivity contribution is 5.89. The van der Waals surface area contributed by atoms with Gasteiger partial charge in [0.1, 0.15) is 5.82 Å². The molecule has 0 aliphatic carbocycles. The molecule has 2 heterocycles. The lowest BCUT2D eigenvalue weighted by molar-refractivity contribution is -0.129. The summed E-state index contributed by atoms with van der Waals surface area (Å²) >= 11 is 0. The average Bonchev–Trinajstić information content (AvgIpc) is 3.38. The number of nitrogen functional groups attached to an aromatic ring is 1. The molecule has 8 heteroatoms. The molecule has 4 rings (SSSR count). The minimum atomic E-state index is -0.0917. The second kappa shape index (κ2) is 11.4. The number of pyridine rings is 1. The highest BCUT2D eigenvalue weighted by atomic mass is 16.2. The van der Waals surface area contributed by atoms with Gasteiger partial charge in [-0.05, 0) is 55.3 Å². The van der Waals surface area contributed by atoms with Crippen LogP contribution in [0.2, 0.25) is 0 Å². The van der Waals surface area contributed by atoms with Crippen LogP contribution >= 0.6 is 0 Å². The van der Waals surface area contributed by atoms with Crippen molar-refractivity contribution in [3.63, 3.8) is 0 Å². The largest absolute Gasteiger partial charge is 0.398 e. The summed E-state index contributed by atoms with van der Waals surface area (Å²) in [5, 5.41) is 7.09. The van der Waals surface area contributed by atoms with Crippen molar-refractivity contribution in [2.45, 2.75) is 32.4 Å². The zero-order chi connectivity index (χ0) is 26.5. The van der Waals surface area contributed by atoms with Gasteiger partial charge in [0.05, 0.1) is 24.0 Å². The van der Waals surface area contributed by atoms with E-state index in [1.54, 1.807) is 14.0 Å². The van der Waals surface area contributed by atoms with Crippen LogP contribution in [0.3, 0.4) is 0 Å². The lowest BCUT2D eigenvalue weighted by Crippen LogP contribution is -2.37. The van der Waals surface area contributed by atoms with E-state index in [1.807, 2.05) is 49.6 Å². The van der Waals surface area contributed by atoms with Gasteiger partial charge in [0.15, 0.2) is 0 Å². The fraction of sp³-hybridized carbons (Fsp3) is 0.345. The van der Waals surface area contributed by atoms with Crippen LogP contribution in [0, 0.1) is 6.92 Å². The second-order valence-corrected chi connectivity index (χ2v) is 9.55. The summed E-state index contributed by atoms with van der Waals surface area (Å²) in [7, 11) is 5.58. The molecule has 1 aliphatic heterocycles. The number of para-hydroxylation sites is 1. The van der Waals surface area contributed by atoms with Gasteiger partial charge in [-0.15, -0.1) is 0 Å². The van der Waals surface area contributed by atoms with Gasteiger partial charge in [0.2, 0.25) is 5.91 Å². The molecule has 0 bridgehead atoms. The third kappa shape index (κ3) is 5.59. The van der Waals surface area contributed by atoms with Crippen molar-refractivity contribution in [1.29, 1.82) is 0 Å². The molecular weight excluding hydrogens is 462 g/mol. The summed E-state index contributed by atoms with van der Waals surface area (Å²) in [5.41, 5.74) is 13.2. The van der Waals surface area contributed by atoms with E-state index >= 15 is 0 Å². The average molecular weight is 500 g/mol. The predicted octanol–water partition coefficient (Wildman–Crippen LogP) is 4.13. The number of benzene rings is 2. The van der Waals surface area contributed by atoms with E-state index in [-0.39, 0.29) is 18.0 Å². The number of likely N-dealkylation sites (N-methyl/N-ethyl adjacent to an activating group) is 1. The molecule has 1 amide bonds. The first-order valence-electron chi connectivity index (χ1n) is 12.6. The lowest BCUT2D eigenvalue weighted by Gasteiger charge is -2.25. The Hall–Kier alpha value is -3.91. The Morgan fingerprint density at radius 1 is 1.22 bits per heavy atom. The topological polar surface area (TPSA) is 98.9 Å². The number of rotatable bonds is 8. The number of aliphatic imine (C=N–C) groups is 1. The molecule has 8 nitrogen and oxygen atoms in total. The van der Waals surface area contributed by atoms with Gasteiger partial charge in [-0.1, -0.05) is 30.3 Å². The van der Waals surface area contributed by atoms with Gasteiger partial charge >= 0.3 is 0 Å². The number of nitrogens with zero attached hydrogens (tertiary/aromatic N) is 4. The summed E-state index contributed by atoms with van der Waals surface area (Å²) in [6.45, 7) is 5.40. The van der Waals surface area contributed by atoms with Crippen molar-refractivity contribution < 1.29 is 4.79 Å². The Labute approximate surface area is 219 Å². The minimum absolute atomic E-state index is 0.0917. The normalized spacial score (nSPS) is 16.2. The number of anilines is 4. The van der Waals surface area contributed by atoms with Crippen LogP contribution in [0.15, 0.2) is 59.7 Å². The number of carbonyl (C=O) groups is 1. The molecular formula is C29H37N7O. The third-order valence-electron chi connectivity index (χ3n) is 7.20. The minimum Gasteiger partial charge on any atom is -0.398 e. The van der Waals surface area contributed by atoms with Crippen molar-refractivity contribution >= 4 is 35.0 Å². The van der Waals surface area contributed by atoms with E-state index in [0.717, 1.165) is 59.0 Å². The number of amides is 1. The quantitative estimate of drug-likeness (QED) is 0.318. The first-order chi connectivity index (χ1) is 17.8. The number of hydrogen-bond acceptors (Lipinski definition) is 7. The molecule has 194 valence electrons. The fourth-order valence-electron chi connectivity index (χ4n) is 5.03. The van der Waals surface area contributed by atoms with E-state index in [0.29, 0.717) is 5.69 Å². The highest BCUT2D eigenvalue weighted by Gasteiger charge is 2.28. The fourth-order valence-corrected chi connectivity index (χ4v) is 5.03. The zero-order valence-corrected chi connectivity index (χ0v) is 22.3. The maximum absolute atomic E-state index is 11.7. The Morgan fingerprint density at radius 3 is 2.65 bits per heavy atom. The number of hydrogen-bond donors (Lipinski definition) is 3. The summed E-state index contributed by atoms with van der Waals surface area (Å²) in [4.78, 5) is 24.8. The van der Waals surface area contributed by atoms with Gasteiger partial charge in [0, 0.05) is 57.3 Å². The van der Waals surface area contributed by atoms with Gasteiger partial charge in [-0.2, -0.15) is 0 Å². The van der Waals surface area contributed by atoms with E-state index < -0.39 is 0 Å². The maximum Gasteiger partial charge on any atom is 0.219 e. The molecule has 37 heavy (non-hydrogen) atoms. The summed E-state index contributed by atoms with van der Waals surface area (Å²) in [6.07, 6.45) is 4.64. The van der Waals surface area contributed by atoms with Gasteiger partial charge in [0.25, 0.3) is 0 Å². The van der Waals surface area contributed by atoms with E-state index in [9.17, 15) is 4.79 Å². The molecule has 1 saturated heterocycles. The Balaban J connectivity index is 1.59. The molecule has 0 saturated carbocycles. The van der Waals surface area contributed by atoms with E-state index in [2.05, 4.69) is 57.8 Å². The number of nitrogens with two attached hydrogens (primary N) is 1. The van der Waals surface area contributed by atoms with Gasteiger partial charge in [-0.25, -0.2) is 4.98 Å². The van der Waals surface area contributed by atoms with Crippen molar-refractivity contribution in [1.82, 2.24) is 15.2 Å². The first kappa shape index (κ1) is 26.2. The third-order valence-corrected chi connectivity index (χ3v) is 7.20. The molecule has 2 unspecified atom stereocenters. The molecule has 2 atom stereocenters. The zero-order valence-electron chi connectivity index (χ0n) is 22.3. The summed E-state index contributed by atoms with van der Waals surface area (Å²) in [5.74, 6) is 1.02. The summed E-state index contributed by atoms with van der Waals surface area (Å²) < 4.78 is 0. The van der Waals surface area contributed by atoms with Gasteiger partial charge < -0.3 is 26.2 Å². The monoisotopic (exact) mass is 499 g/mol. The molecule has 1 aliphatic rings. The molecule has 4 N–H and O–H groups in total. The van der Waals surface area contributed by atoms with Crippen LogP contribution in [0.25, 0.3) is 0 Å². The van der Waals surface area contributed by atoms with Gasteiger partial charge in [-0.3, -0.25) is 9.79 Å². The molecule has 0 radical (unpaired) electrons. The number of aromatic nitrogens is 1. The Kier molecular flexibility index (Phi) is 8.08. The number of aryl methyl sites for hydroxylation is 1. The van der Waals surface area contributed by atoms with Crippen LogP contribution in [-0.4, -0.2) is 62.3 Å². The second-order valence-electron chi connectivity index (χ2n) is 9.55. The van der Waals surface area contributed by atoms with Crippen LogP contribution < -0.4 is 21.3 Å². The first-order valence-corrected chi connectivity index (χ1v) is 12.6. The molecule has 3 aromatic rings. The molecule has 1 aromatic heterocycles. The smallest absolute Gasteiger partial charge is 0.219 e. The molecule has 0 spiro atoms. The predicted molar refractivity (Wildman–Crippen MR) is 153 cm³/mol. The van der Waals surface area contributed by atoms with E-state index in [1.165, 1.54) is 0 Å². The number of carbonyl (C=O) groups excluding carboxylic acids is 1. The van der Waals surface area contributed by atoms with Crippen molar-refractivity contribution in [3.05, 3.63) is 77.0 Å². The van der Waals surface area contributed by atoms with Crippen LogP contribution in [0.1, 0.15) is 41.6 Å². The van der Waals surface area contributed by atoms with Crippen LogP contribution in [-0.2, 0) is 4.79 Å². The number of nitrogens with one attached hydrogen (secondary N) is 2. The van der Waals surface area contributed by atoms with E-state index in [4.69, 9.17) is 10.7 Å². The molecule has 1 fully saturated rings.